The van der Waals surface area contributed by atoms with Gasteiger partial charge in [0, 0.05) is 35.3 Å². The van der Waals surface area contributed by atoms with E-state index < -0.39 is 12.1 Å². The molecule has 7 nitrogen and oxygen atoms in total. The lowest BCUT2D eigenvalue weighted by molar-refractivity contribution is -0.219. The van der Waals surface area contributed by atoms with Crippen molar-refractivity contribution in [2.45, 2.75) is 63.3 Å². The number of alkyl halides is 3. The number of hydrogen-bond donors (Lipinski definition) is 0. The quantitative estimate of drug-likeness (QED) is 0.497. The van der Waals surface area contributed by atoms with Gasteiger partial charge >= 0.3 is 6.18 Å². The number of morpholine rings is 1. The molecule has 8 rings (SSSR count). The van der Waals surface area contributed by atoms with E-state index in [2.05, 4.69) is 21.2 Å². The Morgan fingerprint density at radius 1 is 1.03 bits per heavy atom. The summed E-state index contributed by atoms with van der Waals surface area (Å²) < 4.78 is 49.6. The number of aromatic nitrogens is 5. The van der Waals surface area contributed by atoms with E-state index in [0.29, 0.717) is 50.2 Å². The van der Waals surface area contributed by atoms with Crippen molar-refractivity contribution < 1.29 is 17.9 Å². The summed E-state index contributed by atoms with van der Waals surface area (Å²) in [5, 5.41) is 5.28. The van der Waals surface area contributed by atoms with Gasteiger partial charge in [-0.25, -0.2) is 9.97 Å². The second-order valence-electron chi connectivity index (χ2n) is 11.0. The minimum Gasteiger partial charge on any atom is -0.370 e. The van der Waals surface area contributed by atoms with Gasteiger partial charge in [0.2, 0.25) is 5.95 Å². The molecule has 3 aromatic heterocycles. The maximum Gasteiger partial charge on any atom is 0.392 e. The van der Waals surface area contributed by atoms with E-state index >= 15 is 0 Å². The van der Waals surface area contributed by atoms with E-state index in [4.69, 9.17) is 14.7 Å². The number of anilines is 1. The monoisotopic (exact) mass is 498 g/mol. The normalized spacial score (nSPS) is 30.4. The van der Waals surface area contributed by atoms with Gasteiger partial charge in [0.1, 0.15) is 6.10 Å². The van der Waals surface area contributed by atoms with Gasteiger partial charge in [0.05, 0.1) is 37.0 Å². The van der Waals surface area contributed by atoms with Crippen molar-refractivity contribution in [1.29, 1.82) is 0 Å². The molecule has 2 unspecified atom stereocenters. The van der Waals surface area contributed by atoms with Gasteiger partial charge in [-0.1, -0.05) is 0 Å². The Bertz CT molecular complexity index is 1300. The molecule has 2 bridgehead atoms. The fraction of sp³-hybridized carbons (Fsp3) is 0.615. The zero-order chi connectivity index (χ0) is 24.6. The molecule has 0 spiro atoms. The van der Waals surface area contributed by atoms with Crippen LogP contribution < -0.4 is 4.90 Å². The summed E-state index contributed by atoms with van der Waals surface area (Å²) in [6, 6.07) is 4.32. The molecule has 3 aromatic rings. The van der Waals surface area contributed by atoms with E-state index in [-0.39, 0.29) is 30.3 Å². The SMILES string of the molecule is Cc1ccc2c(C3CC(C(F)(F)F)C4CC3C4)nc(N3CCO[C@H](c4cnn(C5CC5)c4)C3)nc2n1. The van der Waals surface area contributed by atoms with Crippen molar-refractivity contribution >= 4 is 17.0 Å². The lowest BCUT2D eigenvalue weighted by Gasteiger charge is -2.51. The van der Waals surface area contributed by atoms with Crippen LogP contribution in [0.2, 0.25) is 0 Å². The average Bonchev–Trinajstić information content (AvgIpc) is 3.58. The third kappa shape index (κ3) is 3.84. The van der Waals surface area contributed by atoms with Crippen molar-refractivity contribution in [3.8, 4) is 0 Å². The molecular formula is C26H29F3N6O. The number of hydrogen-bond acceptors (Lipinski definition) is 6. The van der Waals surface area contributed by atoms with Crippen molar-refractivity contribution in [2.75, 3.05) is 24.6 Å². The first kappa shape index (κ1) is 22.4. The Hall–Kier alpha value is -2.75. The minimum atomic E-state index is -4.17. The summed E-state index contributed by atoms with van der Waals surface area (Å²) in [6.07, 6.45) is 3.29. The van der Waals surface area contributed by atoms with Crippen LogP contribution in [0.15, 0.2) is 24.5 Å². The summed E-state index contributed by atoms with van der Waals surface area (Å²) in [6.45, 7) is 3.60. The number of halogens is 3. The molecule has 0 N–H and O–H groups in total. The van der Waals surface area contributed by atoms with Gasteiger partial charge in [-0.2, -0.15) is 23.3 Å². The highest BCUT2D eigenvalue weighted by molar-refractivity contribution is 5.79. The van der Waals surface area contributed by atoms with Gasteiger partial charge < -0.3 is 9.64 Å². The summed E-state index contributed by atoms with van der Waals surface area (Å²) in [4.78, 5) is 16.5. The predicted molar refractivity (Wildman–Crippen MR) is 127 cm³/mol. The fourth-order valence-corrected chi connectivity index (χ4v) is 6.39. The molecule has 190 valence electrons. The molecule has 5 fully saturated rings. The maximum absolute atomic E-state index is 13.8. The van der Waals surface area contributed by atoms with E-state index in [9.17, 15) is 13.2 Å². The maximum atomic E-state index is 13.8. The Labute approximate surface area is 207 Å². The number of pyridine rings is 1. The smallest absolute Gasteiger partial charge is 0.370 e. The molecule has 4 saturated carbocycles. The highest BCUT2D eigenvalue weighted by Crippen LogP contribution is 2.60. The highest BCUT2D eigenvalue weighted by Gasteiger charge is 2.56. The number of rotatable bonds is 4. The van der Waals surface area contributed by atoms with Crippen LogP contribution in [-0.4, -0.2) is 50.6 Å². The average molecular weight is 499 g/mol. The van der Waals surface area contributed by atoms with Crippen LogP contribution in [0.4, 0.5) is 19.1 Å². The fourth-order valence-electron chi connectivity index (χ4n) is 6.39. The lowest BCUT2D eigenvalue weighted by Crippen LogP contribution is -2.47. The summed E-state index contributed by atoms with van der Waals surface area (Å²) in [5.74, 6) is -0.954. The van der Waals surface area contributed by atoms with E-state index in [1.807, 2.05) is 29.9 Å². The van der Waals surface area contributed by atoms with Crippen molar-refractivity contribution in [3.63, 3.8) is 0 Å². The highest BCUT2D eigenvalue weighted by atomic mass is 19.4. The van der Waals surface area contributed by atoms with E-state index in [1.54, 1.807) is 0 Å². The Morgan fingerprint density at radius 2 is 1.86 bits per heavy atom. The first-order chi connectivity index (χ1) is 17.3. The van der Waals surface area contributed by atoms with Gasteiger partial charge in [-0.3, -0.25) is 4.68 Å². The minimum absolute atomic E-state index is 0.102. The largest absolute Gasteiger partial charge is 0.392 e. The first-order valence-corrected chi connectivity index (χ1v) is 13.0. The molecule has 0 aromatic carbocycles. The number of nitrogens with zero attached hydrogens (tertiary/aromatic N) is 6. The molecule has 0 radical (unpaired) electrons. The zero-order valence-corrected chi connectivity index (χ0v) is 20.2. The number of fused-ring (bicyclic) bond motifs is 3. The van der Waals surface area contributed by atoms with Crippen molar-refractivity contribution in [2.24, 2.45) is 17.8 Å². The summed E-state index contributed by atoms with van der Waals surface area (Å²) in [7, 11) is 0. The molecular weight excluding hydrogens is 469 g/mol. The Balaban J connectivity index is 1.23. The van der Waals surface area contributed by atoms with Crippen LogP contribution in [0.25, 0.3) is 11.0 Å². The van der Waals surface area contributed by atoms with E-state index in [0.717, 1.165) is 35.2 Å². The first-order valence-electron chi connectivity index (χ1n) is 13.0. The van der Waals surface area contributed by atoms with E-state index in [1.165, 1.54) is 0 Å². The third-order valence-electron chi connectivity index (χ3n) is 8.61. The predicted octanol–water partition coefficient (Wildman–Crippen LogP) is 5.13. The molecule has 4 heterocycles. The molecule has 0 amide bonds. The topological polar surface area (TPSA) is 69.0 Å². The van der Waals surface area contributed by atoms with Gasteiger partial charge in [0.15, 0.2) is 5.65 Å². The molecule has 1 aliphatic heterocycles. The Kier molecular flexibility index (Phi) is 5.07. The molecule has 3 atom stereocenters. The van der Waals surface area contributed by atoms with Gasteiger partial charge in [0.25, 0.3) is 0 Å². The number of ether oxygens (including phenoxy) is 1. The van der Waals surface area contributed by atoms with Crippen LogP contribution in [0.1, 0.15) is 67.1 Å². The summed E-state index contributed by atoms with van der Waals surface area (Å²) >= 11 is 0. The molecule has 4 aliphatic carbocycles. The Morgan fingerprint density at radius 3 is 2.64 bits per heavy atom. The number of aryl methyl sites for hydroxylation is 1. The summed E-state index contributed by atoms with van der Waals surface area (Å²) in [5.41, 5.74) is 3.14. The van der Waals surface area contributed by atoms with Gasteiger partial charge in [-0.05, 0) is 63.0 Å². The molecule has 5 aliphatic rings. The van der Waals surface area contributed by atoms with Crippen LogP contribution in [-0.2, 0) is 4.74 Å². The van der Waals surface area contributed by atoms with Gasteiger partial charge in [-0.15, -0.1) is 0 Å². The van der Waals surface area contributed by atoms with Crippen molar-refractivity contribution in [1.82, 2.24) is 24.7 Å². The zero-order valence-electron chi connectivity index (χ0n) is 20.2. The standard InChI is InChI=1S/C26H29F3N6O/c1-14-2-5-19-23(20-10-21(26(27,28)29)16-8-15(20)9-16)32-25(33-24(19)31-14)34-6-7-36-22(13-34)17-11-30-35(12-17)18-3-4-18/h2,5,11-12,15-16,18,20-22H,3-4,6-10,13H2,1H3/t15?,16?,20?,21?,22-/m0/s1. The molecule has 36 heavy (non-hydrogen) atoms. The van der Waals surface area contributed by atoms with Crippen LogP contribution in [0.3, 0.4) is 0 Å². The van der Waals surface area contributed by atoms with Crippen LogP contribution in [0, 0.1) is 24.7 Å². The van der Waals surface area contributed by atoms with Crippen LogP contribution >= 0.6 is 0 Å². The lowest BCUT2D eigenvalue weighted by atomic mass is 9.54. The molecule has 1 saturated heterocycles. The molecule has 10 heteroatoms. The third-order valence-corrected chi connectivity index (χ3v) is 8.61. The van der Waals surface area contributed by atoms with Crippen LogP contribution in [0.5, 0.6) is 0 Å². The second-order valence-corrected chi connectivity index (χ2v) is 11.0. The van der Waals surface area contributed by atoms with Crippen molar-refractivity contribution in [3.05, 3.63) is 41.5 Å². The second kappa shape index (κ2) is 8.13.